The summed E-state index contributed by atoms with van der Waals surface area (Å²) in [5, 5.41) is 5.35. The first-order valence-corrected chi connectivity index (χ1v) is 9.95. The molecule has 7 heteroatoms. The Balaban J connectivity index is 1.37. The van der Waals surface area contributed by atoms with Crippen LogP contribution in [0.25, 0.3) is 11.3 Å². The van der Waals surface area contributed by atoms with Gasteiger partial charge in [0.1, 0.15) is 5.82 Å². The zero-order chi connectivity index (χ0) is 19.1. The van der Waals surface area contributed by atoms with Gasteiger partial charge in [-0.25, -0.2) is 9.37 Å². The van der Waals surface area contributed by atoms with Gasteiger partial charge >= 0.3 is 0 Å². The molecule has 0 bridgehead atoms. The van der Waals surface area contributed by atoms with E-state index in [1.807, 2.05) is 29.6 Å². The summed E-state index contributed by atoms with van der Waals surface area (Å²) in [7, 11) is 0. The van der Waals surface area contributed by atoms with Crippen molar-refractivity contribution in [1.29, 1.82) is 0 Å². The zero-order valence-electron chi connectivity index (χ0n) is 14.9. The predicted octanol–water partition coefficient (Wildman–Crippen LogP) is 4.74. The minimum absolute atomic E-state index is 0.129. The van der Waals surface area contributed by atoms with E-state index in [2.05, 4.69) is 10.3 Å². The maximum Gasteiger partial charge on any atom is 0.236 e. The Hall–Kier alpha value is -2.93. The SMILES string of the molecule is O=C(Nc1nc(-c2ccc3c(c2)OCO3)cs1)C1(c2cccc(F)c2)CCC1. The van der Waals surface area contributed by atoms with Crippen LogP contribution in [-0.2, 0) is 10.2 Å². The lowest BCUT2D eigenvalue weighted by molar-refractivity contribution is -0.124. The number of halogens is 1. The van der Waals surface area contributed by atoms with Crippen LogP contribution in [0.3, 0.4) is 0 Å². The quantitative estimate of drug-likeness (QED) is 0.692. The van der Waals surface area contributed by atoms with E-state index in [-0.39, 0.29) is 18.5 Å². The molecule has 0 radical (unpaired) electrons. The fourth-order valence-corrected chi connectivity index (χ4v) is 4.41. The third-order valence-electron chi connectivity index (χ3n) is 5.41. The van der Waals surface area contributed by atoms with Crippen LogP contribution in [0, 0.1) is 5.82 Å². The first-order chi connectivity index (χ1) is 13.6. The second kappa shape index (κ2) is 6.60. The van der Waals surface area contributed by atoms with E-state index in [4.69, 9.17) is 9.47 Å². The van der Waals surface area contributed by atoms with E-state index < -0.39 is 5.41 Å². The third kappa shape index (κ3) is 2.82. The van der Waals surface area contributed by atoms with Gasteiger partial charge in [-0.2, -0.15) is 0 Å². The molecule has 0 unspecified atom stereocenters. The summed E-state index contributed by atoms with van der Waals surface area (Å²) in [6.45, 7) is 0.222. The number of carbonyl (C=O) groups excluding carboxylic acids is 1. The Morgan fingerprint density at radius 2 is 2.00 bits per heavy atom. The van der Waals surface area contributed by atoms with Crippen molar-refractivity contribution in [3.63, 3.8) is 0 Å². The number of carbonyl (C=O) groups is 1. The molecule has 0 saturated heterocycles. The normalized spacial score (nSPS) is 16.5. The molecule has 5 nitrogen and oxygen atoms in total. The number of anilines is 1. The molecule has 142 valence electrons. The van der Waals surface area contributed by atoms with E-state index in [1.165, 1.54) is 23.5 Å². The number of rotatable bonds is 4. The van der Waals surface area contributed by atoms with Crippen molar-refractivity contribution in [3.05, 3.63) is 59.2 Å². The van der Waals surface area contributed by atoms with Crippen molar-refractivity contribution in [3.8, 4) is 22.8 Å². The van der Waals surface area contributed by atoms with Crippen LogP contribution in [0.4, 0.5) is 9.52 Å². The van der Waals surface area contributed by atoms with Crippen LogP contribution in [0.2, 0.25) is 0 Å². The van der Waals surface area contributed by atoms with Crippen LogP contribution in [0.5, 0.6) is 11.5 Å². The second-order valence-electron chi connectivity index (χ2n) is 7.01. The molecule has 28 heavy (non-hydrogen) atoms. The smallest absolute Gasteiger partial charge is 0.236 e. The van der Waals surface area contributed by atoms with Gasteiger partial charge in [0.05, 0.1) is 11.1 Å². The van der Waals surface area contributed by atoms with E-state index >= 15 is 0 Å². The van der Waals surface area contributed by atoms with Gasteiger partial charge in [-0.1, -0.05) is 18.6 Å². The highest BCUT2D eigenvalue weighted by atomic mass is 32.1. The van der Waals surface area contributed by atoms with Gasteiger partial charge in [-0.15, -0.1) is 11.3 Å². The largest absolute Gasteiger partial charge is 0.454 e. The molecule has 3 aromatic rings. The van der Waals surface area contributed by atoms with Gasteiger partial charge < -0.3 is 14.8 Å². The lowest BCUT2D eigenvalue weighted by Gasteiger charge is -2.40. The topological polar surface area (TPSA) is 60.5 Å². The molecule has 1 fully saturated rings. The zero-order valence-corrected chi connectivity index (χ0v) is 15.7. The summed E-state index contributed by atoms with van der Waals surface area (Å²) in [5.41, 5.74) is 1.70. The summed E-state index contributed by atoms with van der Waals surface area (Å²) >= 11 is 1.37. The van der Waals surface area contributed by atoms with E-state index in [9.17, 15) is 9.18 Å². The van der Waals surface area contributed by atoms with Crippen LogP contribution in [0.15, 0.2) is 47.8 Å². The minimum atomic E-state index is -0.674. The van der Waals surface area contributed by atoms with E-state index in [0.717, 1.165) is 29.0 Å². The molecule has 2 aliphatic rings. The second-order valence-corrected chi connectivity index (χ2v) is 7.86. The van der Waals surface area contributed by atoms with Gasteiger partial charge in [0, 0.05) is 10.9 Å². The Kier molecular flexibility index (Phi) is 4.05. The monoisotopic (exact) mass is 396 g/mol. The summed E-state index contributed by atoms with van der Waals surface area (Å²) in [6, 6.07) is 12.0. The molecule has 2 heterocycles. The molecule has 1 aromatic heterocycles. The Morgan fingerprint density at radius 3 is 2.79 bits per heavy atom. The average Bonchev–Trinajstić information content (AvgIpc) is 3.29. The summed E-state index contributed by atoms with van der Waals surface area (Å²) in [5.74, 6) is 0.956. The Bertz CT molecular complexity index is 1060. The van der Waals surface area contributed by atoms with Crippen molar-refractivity contribution in [2.45, 2.75) is 24.7 Å². The van der Waals surface area contributed by atoms with Crippen molar-refractivity contribution in [2.24, 2.45) is 0 Å². The molecule has 1 N–H and O–H groups in total. The van der Waals surface area contributed by atoms with E-state index in [1.54, 1.807) is 6.07 Å². The molecule has 1 aliphatic heterocycles. The highest BCUT2D eigenvalue weighted by Gasteiger charge is 2.46. The van der Waals surface area contributed by atoms with Crippen molar-refractivity contribution in [2.75, 3.05) is 12.1 Å². The number of fused-ring (bicyclic) bond motifs is 1. The molecule has 2 aromatic carbocycles. The molecule has 5 rings (SSSR count). The number of thiazole rings is 1. The minimum Gasteiger partial charge on any atom is -0.454 e. The van der Waals surface area contributed by atoms with Gasteiger partial charge in [0.2, 0.25) is 12.7 Å². The molecule has 1 saturated carbocycles. The van der Waals surface area contributed by atoms with Crippen LogP contribution in [-0.4, -0.2) is 17.7 Å². The van der Waals surface area contributed by atoms with Crippen LogP contribution < -0.4 is 14.8 Å². The lowest BCUT2D eigenvalue weighted by Crippen LogP contribution is -2.46. The Labute approximate surface area is 165 Å². The number of amides is 1. The first kappa shape index (κ1) is 17.2. The van der Waals surface area contributed by atoms with Gasteiger partial charge in [0.25, 0.3) is 0 Å². The molecular formula is C21H17FN2O3S. The van der Waals surface area contributed by atoms with Crippen molar-refractivity contribution in [1.82, 2.24) is 4.98 Å². The maximum atomic E-state index is 13.7. The number of ether oxygens (including phenoxy) is 2. The number of nitrogens with one attached hydrogen (secondary N) is 1. The number of hydrogen-bond donors (Lipinski definition) is 1. The fraction of sp³-hybridized carbons (Fsp3) is 0.238. The van der Waals surface area contributed by atoms with Gasteiger partial charge in [-0.05, 0) is 48.7 Å². The third-order valence-corrected chi connectivity index (χ3v) is 6.17. The van der Waals surface area contributed by atoms with Gasteiger partial charge in [-0.3, -0.25) is 4.79 Å². The fourth-order valence-electron chi connectivity index (χ4n) is 3.70. The summed E-state index contributed by atoms with van der Waals surface area (Å²) in [4.78, 5) is 17.6. The molecule has 1 amide bonds. The van der Waals surface area contributed by atoms with E-state index in [0.29, 0.717) is 23.7 Å². The van der Waals surface area contributed by atoms with Crippen LogP contribution in [0.1, 0.15) is 24.8 Å². The summed E-state index contributed by atoms with van der Waals surface area (Å²) < 4.78 is 24.4. The molecule has 0 spiro atoms. The van der Waals surface area contributed by atoms with Crippen molar-refractivity contribution < 1.29 is 18.7 Å². The van der Waals surface area contributed by atoms with Crippen molar-refractivity contribution >= 4 is 22.4 Å². The molecule has 1 aliphatic carbocycles. The predicted molar refractivity (Wildman–Crippen MR) is 104 cm³/mol. The first-order valence-electron chi connectivity index (χ1n) is 9.07. The summed E-state index contributed by atoms with van der Waals surface area (Å²) in [6.07, 6.45) is 2.37. The lowest BCUT2D eigenvalue weighted by atomic mass is 9.64. The van der Waals surface area contributed by atoms with Crippen LogP contribution >= 0.6 is 11.3 Å². The van der Waals surface area contributed by atoms with Gasteiger partial charge in [0.15, 0.2) is 16.6 Å². The number of nitrogens with zero attached hydrogens (tertiary/aromatic N) is 1. The standard InChI is InChI=1S/C21H17FN2O3S/c22-15-4-1-3-14(10-15)21(7-2-8-21)19(25)24-20-23-16(11-28-20)13-5-6-17-18(9-13)27-12-26-17/h1,3-6,9-11H,2,7-8,12H2,(H,23,24,25). The molecule has 0 atom stereocenters. The number of hydrogen-bond acceptors (Lipinski definition) is 5. The number of aromatic nitrogens is 1. The molecular weight excluding hydrogens is 379 g/mol. The highest BCUT2D eigenvalue weighted by molar-refractivity contribution is 7.14. The Morgan fingerprint density at radius 1 is 1.14 bits per heavy atom. The maximum absolute atomic E-state index is 13.7. The number of benzene rings is 2. The highest BCUT2D eigenvalue weighted by Crippen LogP contribution is 2.45. The average molecular weight is 396 g/mol.